The molecule has 0 N–H and O–H groups in total. The van der Waals surface area contributed by atoms with Crippen LogP contribution in [0.4, 0.5) is 0 Å². The van der Waals surface area contributed by atoms with E-state index in [1.165, 1.54) is 17.8 Å². The lowest BCUT2D eigenvalue weighted by Gasteiger charge is -2.26. The molecular weight excluding hydrogens is 362 g/mol. The van der Waals surface area contributed by atoms with Crippen LogP contribution in [-0.4, -0.2) is 43.1 Å². The first-order valence-electron chi connectivity index (χ1n) is 9.24. The average Bonchev–Trinajstić information content (AvgIpc) is 3.19. The van der Waals surface area contributed by atoms with Crippen molar-refractivity contribution in [3.63, 3.8) is 0 Å². The number of hydrogen-bond donors (Lipinski definition) is 0. The highest BCUT2D eigenvalue weighted by molar-refractivity contribution is 7.15. The standard InChI is InChI=1S/C19H23N5O2S/c1-12-9-15(21-22(12)3)17-13(2)20-19-24(18(17)26)14(11-27-19)10-16(25)23-7-5-4-6-8-23/h9,11H,4-8,10H2,1-3H3. The molecule has 1 aliphatic heterocycles. The van der Waals surface area contributed by atoms with Crippen LogP contribution in [0.1, 0.15) is 36.3 Å². The number of piperidine rings is 1. The number of nitrogens with zero attached hydrogens (tertiary/aromatic N) is 5. The smallest absolute Gasteiger partial charge is 0.268 e. The number of carbonyl (C=O) groups is 1. The van der Waals surface area contributed by atoms with E-state index in [9.17, 15) is 9.59 Å². The van der Waals surface area contributed by atoms with Gasteiger partial charge in [0, 0.05) is 36.9 Å². The van der Waals surface area contributed by atoms with E-state index in [4.69, 9.17) is 0 Å². The monoisotopic (exact) mass is 385 g/mol. The minimum atomic E-state index is -0.154. The minimum Gasteiger partial charge on any atom is -0.342 e. The van der Waals surface area contributed by atoms with Gasteiger partial charge >= 0.3 is 0 Å². The second-order valence-corrected chi connectivity index (χ2v) is 7.97. The summed E-state index contributed by atoms with van der Waals surface area (Å²) in [6.45, 7) is 5.40. The summed E-state index contributed by atoms with van der Waals surface area (Å²) in [7, 11) is 1.85. The zero-order valence-electron chi connectivity index (χ0n) is 15.9. The molecule has 0 unspecified atom stereocenters. The number of likely N-dealkylation sites (tertiary alicyclic amines) is 1. The van der Waals surface area contributed by atoms with Gasteiger partial charge in [-0.1, -0.05) is 0 Å². The molecule has 4 heterocycles. The first kappa shape index (κ1) is 17.9. The van der Waals surface area contributed by atoms with Crippen LogP contribution in [0.5, 0.6) is 0 Å². The van der Waals surface area contributed by atoms with Crippen LogP contribution in [0.3, 0.4) is 0 Å². The molecule has 0 radical (unpaired) electrons. The molecule has 142 valence electrons. The van der Waals surface area contributed by atoms with E-state index in [0.29, 0.717) is 27.6 Å². The molecule has 1 fully saturated rings. The van der Waals surface area contributed by atoms with Crippen molar-refractivity contribution in [2.75, 3.05) is 13.1 Å². The minimum absolute atomic E-state index is 0.0807. The van der Waals surface area contributed by atoms with Gasteiger partial charge < -0.3 is 4.90 Å². The van der Waals surface area contributed by atoms with Gasteiger partial charge in [-0.05, 0) is 39.2 Å². The molecule has 7 nitrogen and oxygen atoms in total. The highest BCUT2D eigenvalue weighted by atomic mass is 32.1. The lowest BCUT2D eigenvalue weighted by Crippen LogP contribution is -2.37. The maximum absolute atomic E-state index is 13.3. The maximum Gasteiger partial charge on any atom is 0.268 e. The van der Waals surface area contributed by atoms with E-state index in [2.05, 4.69) is 10.1 Å². The predicted octanol–water partition coefficient (Wildman–Crippen LogP) is 2.33. The molecule has 0 aromatic carbocycles. The fourth-order valence-electron chi connectivity index (χ4n) is 3.62. The molecule has 0 spiro atoms. The van der Waals surface area contributed by atoms with Crippen molar-refractivity contribution in [3.8, 4) is 11.3 Å². The Balaban J connectivity index is 1.76. The molecule has 1 amide bonds. The largest absolute Gasteiger partial charge is 0.342 e. The number of aromatic nitrogens is 4. The van der Waals surface area contributed by atoms with Gasteiger partial charge in [-0.25, -0.2) is 4.98 Å². The third kappa shape index (κ3) is 3.18. The Labute approximate surface area is 161 Å². The van der Waals surface area contributed by atoms with Crippen LogP contribution in [0, 0.1) is 13.8 Å². The van der Waals surface area contributed by atoms with E-state index in [1.807, 2.05) is 37.2 Å². The summed E-state index contributed by atoms with van der Waals surface area (Å²) >= 11 is 1.40. The van der Waals surface area contributed by atoms with Crippen molar-refractivity contribution in [3.05, 3.63) is 38.9 Å². The van der Waals surface area contributed by atoms with Crippen molar-refractivity contribution in [1.82, 2.24) is 24.1 Å². The van der Waals surface area contributed by atoms with Crippen LogP contribution in [0.2, 0.25) is 0 Å². The van der Waals surface area contributed by atoms with Gasteiger partial charge in [0.05, 0.1) is 23.4 Å². The van der Waals surface area contributed by atoms with Crippen LogP contribution < -0.4 is 5.56 Å². The highest BCUT2D eigenvalue weighted by Crippen LogP contribution is 2.22. The van der Waals surface area contributed by atoms with Gasteiger partial charge in [0.25, 0.3) is 5.56 Å². The Morgan fingerprint density at radius 1 is 1.22 bits per heavy atom. The molecule has 4 rings (SSSR count). The van der Waals surface area contributed by atoms with Gasteiger partial charge in [0.2, 0.25) is 5.91 Å². The zero-order valence-corrected chi connectivity index (χ0v) is 16.7. The molecule has 1 saturated heterocycles. The lowest BCUT2D eigenvalue weighted by atomic mass is 10.1. The SMILES string of the molecule is Cc1nc2scc(CC(=O)N3CCCCC3)n2c(=O)c1-c1cc(C)n(C)n1. The molecule has 1 aliphatic rings. The lowest BCUT2D eigenvalue weighted by molar-refractivity contribution is -0.131. The fraction of sp³-hybridized carbons (Fsp3) is 0.474. The Hall–Kier alpha value is -2.48. The molecular formula is C19H23N5O2S. The van der Waals surface area contributed by atoms with E-state index in [0.717, 1.165) is 31.6 Å². The van der Waals surface area contributed by atoms with Gasteiger partial charge in [-0.2, -0.15) is 5.10 Å². The fourth-order valence-corrected chi connectivity index (χ4v) is 4.54. The normalized spacial score (nSPS) is 14.9. The Bertz CT molecular complexity index is 1050. The van der Waals surface area contributed by atoms with Gasteiger partial charge in [-0.15, -0.1) is 11.3 Å². The van der Waals surface area contributed by atoms with Crippen LogP contribution >= 0.6 is 11.3 Å². The molecule has 3 aromatic rings. The van der Waals surface area contributed by atoms with Crippen molar-refractivity contribution in [2.45, 2.75) is 39.5 Å². The predicted molar refractivity (Wildman–Crippen MR) is 105 cm³/mol. The molecule has 0 aliphatic carbocycles. The van der Waals surface area contributed by atoms with E-state index in [-0.39, 0.29) is 17.9 Å². The topological polar surface area (TPSA) is 72.5 Å². The Kier molecular flexibility index (Phi) is 4.59. The number of aryl methyl sites for hydroxylation is 3. The summed E-state index contributed by atoms with van der Waals surface area (Å²) in [5.74, 6) is 0.0807. The van der Waals surface area contributed by atoms with Crippen LogP contribution in [-0.2, 0) is 18.3 Å². The maximum atomic E-state index is 13.3. The van der Waals surface area contributed by atoms with Crippen molar-refractivity contribution >= 4 is 22.2 Å². The van der Waals surface area contributed by atoms with Crippen LogP contribution in [0.25, 0.3) is 16.2 Å². The molecule has 3 aromatic heterocycles. The Morgan fingerprint density at radius 2 is 1.96 bits per heavy atom. The molecule has 0 bridgehead atoms. The number of carbonyl (C=O) groups excluding carboxylic acids is 1. The summed E-state index contributed by atoms with van der Waals surface area (Å²) in [5, 5.41) is 6.32. The third-order valence-corrected chi connectivity index (χ3v) is 6.11. The number of hydrogen-bond acceptors (Lipinski definition) is 5. The van der Waals surface area contributed by atoms with E-state index >= 15 is 0 Å². The number of fused-ring (bicyclic) bond motifs is 1. The van der Waals surface area contributed by atoms with Crippen molar-refractivity contribution in [2.24, 2.45) is 7.05 Å². The third-order valence-electron chi connectivity index (χ3n) is 5.23. The molecule has 0 saturated carbocycles. The molecule has 27 heavy (non-hydrogen) atoms. The van der Waals surface area contributed by atoms with Gasteiger partial charge in [0.15, 0.2) is 4.96 Å². The summed E-state index contributed by atoms with van der Waals surface area (Å²) in [5.41, 5.74) is 3.31. The molecule has 8 heteroatoms. The van der Waals surface area contributed by atoms with Gasteiger partial charge in [-0.3, -0.25) is 18.7 Å². The zero-order chi connectivity index (χ0) is 19.1. The average molecular weight is 385 g/mol. The summed E-state index contributed by atoms with van der Waals surface area (Å²) < 4.78 is 3.33. The number of amides is 1. The summed E-state index contributed by atoms with van der Waals surface area (Å²) in [4.78, 5) is 33.1. The first-order valence-corrected chi connectivity index (χ1v) is 10.1. The van der Waals surface area contributed by atoms with Crippen molar-refractivity contribution in [1.29, 1.82) is 0 Å². The van der Waals surface area contributed by atoms with Crippen molar-refractivity contribution < 1.29 is 4.79 Å². The summed E-state index contributed by atoms with van der Waals surface area (Å²) in [6, 6.07) is 1.89. The summed E-state index contributed by atoms with van der Waals surface area (Å²) in [6.07, 6.45) is 3.52. The highest BCUT2D eigenvalue weighted by Gasteiger charge is 2.22. The second kappa shape index (κ2) is 6.92. The van der Waals surface area contributed by atoms with E-state index in [1.54, 1.807) is 9.08 Å². The molecule has 0 atom stereocenters. The quantitative estimate of drug-likeness (QED) is 0.694. The number of thiazole rings is 1. The van der Waals surface area contributed by atoms with Crippen LogP contribution in [0.15, 0.2) is 16.2 Å². The number of rotatable bonds is 3. The van der Waals surface area contributed by atoms with Gasteiger partial charge in [0.1, 0.15) is 0 Å². The first-order chi connectivity index (χ1) is 13.0. The Morgan fingerprint density at radius 3 is 2.63 bits per heavy atom. The van der Waals surface area contributed by atoms with E-state index < -0.39 is 0 Å². The second-order valence-electron chi connectivity index (χ2n) is 7.14.